The van der Waals surface area contributed by atoms with Crippen molar-refractivity contribution in [3.63, 3.8) is 0 Å². The van der Waals surface area contributed by atoms with E-state index in [4.69, 9.17) is 0 Å². The van der Waals surface area contributed by atoms with Crippen molar-refractivity contribution in [3.05, 3.63) is 35.9 Å². The molecule has 0 radical (unpaired) electrons. The lowest BCUT2D eigenvalue weighted by molar-refractivity contribution is 0.272. The van der Waals surface area contributed by atoms with Gasteiger partial charge in [0.15, 0.2) is 0 Å². The van der Waals surface area contributed by atoms with Gasteiger partial charge in [0.1, 0.15) is 0 Å². The molecule has 0 heterocycles. The first kappa shape index (κ1) is 13.5. The summed E-state index contributed by atoms with van der Waals surface area (Å²) in [6.07, 6.45) is 2.45. The minimum absolute atomic E-state index is 0.577. The van der Waals surface area contributed by atoms with E-state index in [1.807, 2.05) is 0 Å². The number of nitrogens with zero attached hydrogens (tertiary/aromatic N) is 1. The minimum Gasteiger partial charge on any atom is -0.302 e. The van der Waals surface area contributed by atoms with Gasteiger partial charge in [-0.25, -0.2) is 0 Å². The molecule has 0 aliphatic carbocycles. The molecule has 0 spiro atoms. The highest BCUT2D eigenvalue weighted by Gasteiger charge is 2.21. The number of benzene rings is 1. The molecule has 1 atom stereocenters. The van der Waals surface area contributed by atoms with Crippen LogP contribution >= 0.6 is 0 Å². The first-order chi connectivity index (χ1) is 7.44. The fourth-order valence-corrected chi connectivity index (χ4v) is 4.05. The molecule has 1 rings (SSSR count). The molecular weight excluding hydrogens is 210 g/mol. The standard InChI is InChI=1S/C14H25NSi/c1-6-14(13-10-8-7-9-11-13)15(2)12-16(3,4)5/h7-11,14H,6,12H2,1-5H3. The van der Waals surface area contributed by atoms with E-state index in [9.17, 15) is 0 Å². The summed E-state index contributed by atoms with van der Waals surface area (Å²) in [6, 6.07) is 11.4. The van der Waals surface area contributed by atoms with Crippen LogP contribution in [0.15, 0.2) is 30.3 Å². The van der Waals surface area contributed by atoms with Crippen LogP contribution in [0.5, 0.6) is 0 Å². The van der Waals surface area contributed by atoms with Crippen LogP contribution in [0.2, 0.25) is 19.6 Å². The SMILES string of the molecule is CCC(c1ccccc1)N(C)C[Si](C)(C)C. The molecule has 0 bridgehead atoms. The number of hydrogen-bond donors (Lipinski definition) is 0. The molecule has 1 aromatic rings. The van der Waals surface area contributed by atoms with Crippen molar-refractivity contribution in [2.45, 2.75) is 39.0 Å². The highest BCUT2D eigenvalue weighted by molar-refractivity contribution is 6.76. The van der Waals surface area contributed by atoms with Gasteiger partial charge in [0.05, 0.1) is 8.07 Å². The Morgan fingerprint density at radius 2 is 1.69 bits per heavy atom. The van der Waals surface area contributed by atoms with Crippen molar-refractivity contribution in [3.8, 4) is 0 Å². The number of hydrogen-bond acceptors (Lipinski definition) is 1. The first-order valence-corrected chi connectivity index (χ1v) is 9.90. The van der Waals surface area contributed by atoms with Gasteiger partial charge in [-0.05, 0) is 25.2 Å². The Balaban J connectivity index is 2.75. The quantitative estimate of drug-likeness (QED) is 0.699. The highest BCUT2D eigenvalue weighted by Crippen LogP contribution is 2.23. The summed E-state index contributed by atoms with van der Waals surface area (Å²) in [4.78, 5) is 2.53. The van der Waals surface area contributed by atoms with Crippen molar-refractivity contribution >= 4 is 8.07 Å². The van der Waals surface area contributed by atoms with Gasteiger partial charge >= 0.3 is 0 Å². The second-order valence-electron chi connectivity index (χ2n) is 5.81. The summed E-state index contributed by atoms with van der Waals surface area (Å²) in [5.41, 5.74) is 1.45. The van der Waals surface area contributed by atoms with E-state index in [0.29, 0.717) is 6.04 Å². The van der Waals surface area contributed by atoms with Crippen LogP contribution in [0, 0.1) is 0 Å². The average Bonchev–Trinajstić information content (AvgIpc) is 2.17. The van der Waals surface area contributed by atoms with Gasteiger partial charge in [-0.3, -0.25) is 0 Å². The normalized spacial score (nSPS) is 14.1. The van der Waals surface area contributed by atoms with Crippen LogP contribution in [0.4, 0.5) is 0 Å². The smallest absolute Gasteiger partial charge is 0.0599 e. The molecule has 2 heteroatoms. The molecule has 1 aromatic carbocycles. The fraction of sp³-hybridized carbons (Fsp3) is 0.571. The molecular formula is C14H25NSi. The van der Waals surface area contributed by atoms with Gasteiger partial charge in [-0.2, -0.15) is 0 Å². The maximum absolute atomic E-state index is 2.53. The van der Waals surface area contributed by atoms with Crippen LogP contribution in [0.25, 0.3) is 0 Å². The topological polar surface area (TPSA) is 3.24 Å². The van der Waals surface area contributed by atoms with E-state index >= 15 is 0 Å². The van der Waals surface area contributed by atoms with Gasteiger partial charge in [-0.1, -0.05) is 56.9 Å². The Labute approximate surface area is 101 Å². The lowest BCUT2D eigenvalue weighted by Gasteiger charge is -2.32. The molecule has 0 aliphatic heterocycles. The Morgan fingerprint density at radius 3 is 2.12 bits per heavy atom. The van der Waals surface area contributed by atoms with Crippen LogP contribution < -0.4 is 0 Å². The zero-order valence-electron chi connectivity index (χ0n) is 11.3. The summed E-state index contributed by atoms with van der Waals surface area (Å²) in [7, 11) is 1.26. The predicted octanol–water partition coefficient (Wildman–Crippen LogP) is 3.95. The third-order valence-electron chi connectivity index (χ3n) is 2.83. The monoisotopic (exact) mass is 235 g/mol. The average molecular weight is 235 g/mol. The Bertz CT molecular complexity index is 302. The van der Waals surface area contributed by atoms with E-state index in [0.717, 1.165) is 0 Å². The molecule has 0 saturated heterocycles. The third-order valence-corrected chi connectivity index (χ3v) is 4.27. The third kappa shape index (κ3) is 4.10. The van der Waals surface area contributed by atoms with Gasteiger partial charge in [0.2, 0.25) is 0 Å². The summed E-state index contributed by atoms with van der Waals surface area (Å²) in [5, 5.41) is 0. The lowest BCUT2D eigenvalue weighted by atomic mass is 10.0. The summed E-state index contributed by atoms with van der Waals surface area (Å²) < 4.78 is 0. The largest absolute Gasteiger partial charge is 0.302 e. The fourth-order valence-electron chi connectivity index (χ4n) is 2.34. The van der Waals surface area contributed by atoms with Crippen LogP contribution in [0.1, 0.15) is 24.9 Å². The Hall–Kier alpha value is -0.603. The van der Waals surface area contributed by atoms with Crippen molar-refractivity contribution < 1.29 is 0 Å². The van der Waals surface area contributed by atoms with Crippen LogP contribution in [-0.2, 0) is 0 Å². The van der Waals surface area contributed by atoms with E-state index in [2.05, 4.69) is 68.8 Å². The first-order valence-electron chi connectivity index (χ1n) is 6.19. The zero-order chi connectivity index (χ0) is 12.2. The van der Waals surface area contributed by atoms with Crippen molar-refractivity contribution in [2.75, 3.05) is 13.2 Å². The second kappa shape index (κ2) is 5.64. The van der Waals surface area contributed by atoms with E-state index in [1.54, 1.807) is 0 Å². The molecule has 1 nitrogen and oxygen atoms in total. The molecule has 0 saturated carbocycles. The molecule has 0 aromatic heterocycles. The summed E-state index contributed by atoms with van der Waals surface area (Å²) in [6.45, 7) is 9.57. The van der Waals surface area contributed by atoms with Gasteiger partial charge in [-0.15, -0.1) is 0 Å². The van der Waals surface area contributed by atoms with E-state index in [1.165, 1.54) is 18.2 Å². The Morgan fingerprint density at radius 1 is 1.12 bits per heavy atom. The predicted molar refractivity (Wildman–Crippen MR) is 75.5 cm³/mol. The zero-order valence-corrected chi connectivity index (χ0v) is 12.3. The van der Waals surface area contributed by atoms with Crippen LogP contribution in [-0.4, -0.2) is 26.2 Å². The summed E-state index contributed by atoms with van der Waals surface area (Å²) >= 11 is 0. The van der Waals surface area contributed by atoms with Gasteiger partial charge < -0.3 is 4.90 Å². The molecule has 0 fully saturated rings. The molecule has 90 valence electrons. The van der Waals surface area contributed by atoms with Gasteiger partial charge in [0.25, 0.3) is 0 Å². The van der Waals surface area contributed by atoms with Crippen molar-refractivity contribution in [1.82, 2.24) is 4.90 Å². The van der Waals surface area contributed by atoms with Crippen molar-refractivity contribution in [2.24, 2.45) is 0 Å². The van der Waals surface area contributed by atoms with Gasteiger partial charge in [0, 0.05) is 6.04 Å². The minimum atomic E-state index is -1.01. The van der Waals surface area contributed by atoms with E-state index < -0.39 is 8.07 Å². The summed E-state index contributed by atoms with van der Waals surface area (Å²) in [5.74, 6) is 0. The Kier molecular flexibility index (Phi) is 4.75. The molecule has 0 aliphatic rings. The maximum Gasteiger partial charge on any atom is 0.0599 e. The molecule has 0 N–H and O–H groups in total. The van der Waals surface area contributed by atoms with E-state index in [-0.39, 0.29) is 0 Å². The van der Waals surface area contributed by atoms with Crippen molar-refractivity contribution in [1.29, 1.82) is 0 Å². The molecule has 16 heavy (non-hydrogen) atoms. The molecule has 1 unspecified atom stereocenters. The molecule has 0 amide bonds. The maximum atomic E-state index is 2.53. The highest BCUT2D eigenvalue weighted by atomic mass is 28.3. The second-order valence-corrected chi connectivity index (χ2v) is 11.2. The van der Waals surface area contributed by atoms with Crippen LogP contribution in [0.3, 0.4) is 0 Å². The lowest BCUT2D eigenvalue weighted by Crippen LogP contribution is -2.39. The number of rotatable bonds is 5.